The van der Waals surface area contributed by atoms with Gasteiger partial charge in [0.15, 0.2) is 11.5 Å². The van der Waals surface area contributed by atoms with Crippen molar-refractivity contribution < 1.29 is 18.7 Å². The van der Waals surface area contributed by atoms with Crippen LogP contribution in [-0.2, 0) is 4.79 Å². The lowest BCUT2D eigenvalue weighted by Gasteiger charge is -2.27. The monoisotopic (exact) mass is 356 g/mol. The number of carbonyl (C=O) groups excluding carboxylic acids is 1. The molecular formula is C20H24N2O4. The smallest absolute Gasteiger partial charge is 0.235 e. The third-order valence-electron chi connectivity index (χ3n) is 4.85. The molecular weight excluding hydrogens is 332 g/mol. The first-order valence-electron chi connectivity index (χ1n) is 9.24. The summed E-state index contributed by atoms with van der Waals surface area (Å²) >= 11 is 0. The topological polar surface area (TPSA) is 63.9 Å². The molecule has 2 aliphatic heterocycles. The zero-order chi connectivity index (χ0) is 17.8. The van der Waals surface area contributed by atoms with E-state index in [1.54, 1.807) is 6.26 Å². The molecule has 6 heteroatoms. The second-order valence-corrected chi connectivity index (χ2v) is 6.76. The van der Waals surface area contributed by atoms with Crippen molar-refractivity contribution in [3.8, 4) is 11.5 Å². The second kappa shape index (κ2) is 7.83. The normalized spacial score (nSPS) is 18.3. The summed E-state index contributed by atoms with van der Waals surface area (Å²) in [4.78, 5) is 14.8. The van der Waals surface area contributed by atoms with Crippen molar-refractivity contribution in [3.63, 3.8) is 0 Å². The average molecular weight is 356 g/mol. The molecule has 0 saturated carbocycles. The summed E-state index contributed by atoms with van der Waals surface area (Å²) in [5.74, 6) is 2.14. The molecule has 2 aliphatic rings. The van der Waals surface area contributed by atoms with Gasteiger partial charge in [-0.25, -0.2) is 0 Å². The van der Waals surface area contributed by atoms with Gasteiger partial charge in [0.25, 0.3) is 0 Å². The van der Waals surface area contributed by atoms with Crippen LogP contribution in [0.3, 0.4) is 0 Å². The molecule has 1 amide bonds. The number of furan rings is 1. The molecule has 1 aromatic carbocycles. The van der Waals surface area contributed by atoms with Crippen LogP contribution in [-0.4, -0.2) is 43.7 Å². The minimum absolute atomic E-state index is 0.00295. The standard InChI is InChI=1S/C20H24N2O4/c23-19(14-22-8-2-1-3-9-22)21-20(17-5-4-10-24-17)15-6-7-16-18(13-15)26-12-11-25-16/h4-7,10,13,20H,1-3,8-9,11-12,14H2,(H,21,23). The molecule has 0 bridgehead atoms. The first kappa shape index (κ1) is 17.0. The van der Waals surface area contributed by atoms with Gasteiger partial charge in [0.1, 0.15) is 25.0 Å². The van der Waals surface area contributed by atoms with Crippen LogP contribution in [0.15, 0.2) is 41.0 Å². The Bertz CT molecular complexity index is 738. The van der Waals surface area contributed by atoms with Gasteiger partial charge in [0.05, 0.1) is 12.8 Å². The number of hydrogen-bond donors (Lipinski definition) is 1. The van der Waals surface area contributed by atoms with Crippen LogP contribution in [0.1, 0.15) is 36.6 Å². The van der Waals surface area contributed by atoms with E-state index in [0.717, 1.165) is 37.2 Å². The van der Waals surface area contributed by atoms with Gasteiger partial charge in [-0.1, -0.05) is 12.5 Å². The summed E-state index contributed by atoms with van der Waals surface area (Å²) in [6, 6.07) is 9.11. The highest BCUT2D eigenvalue weighted by atomic mass is 16.6. The molecule has 4 rings (SSSR count). The Labute approximate surface area is 153 Å². The first-order chi connectivity index (χ1) is 12.8. The maximum Gasteiger partial charge on any atom is 0.235 e. The predicted molar refractivity (Wildman–Crippen MR) is 96.4 cm³/mol. The lowest BCUT2D eigenvalue weighted by Crippen LogP contribution is -2.41. The summed E-state index contributed by atoms with van der Waals surface area (Å²) in [5, 5.41) is 3.12. The molecule has 1 aromatic heterocycles. The van der Waals surface area contributed by atoms with Crippen LogP contribution >= 0.6 is 0 Å². The van der Waals surface area contributed by atoms with E-state index in [2.05, 4.69) is 10.2 Å². The zero-order valence-electron chi connectivity index (χ0n) is 14.8. The lowest BCUT2D eigenvalue weighted by molar-refractivity contribution is -0.123. The number of ether oxygens (including phenoxy) is 2. The fourth-order valence-electron chi connectivity index (χ4n) is 3.54. The van der Waals surface area contributed by atoms with E-state index < -0.39 is 0 Å². The van der Waals surface area contributed by atoms with Gasteiger partial charge in [-0.05, 0) is 55.8 Å². The molecule has 3 heterocycles. The van der Waals surface area contributed by atoms with Gasteiger partial charge < -0.3 is 19.2 Å². The largest absolute Gasteiger partial charge is 0.486 e. The second-order valence-electron chi connectivity index (χ2n) is 6.76. The minimum Gasteiger partial charge on any atom is -0.486 e. The number of amides is 1. The van der Waals surface area contributed by atoms with Crippen LogP contribution in [0.2, 0.25) is 0 Å². The summed E-state index contributed by atoms with van der Waals surface area (Å²) in [6.45, 7) is 3.48. The van der Waals surface area contributed by atoms with Crippen molar-refractivity contribution in [1.29, 1.82) is 0 Å². The maximum atomic E-state index is 12.6. The summed E-state index contributed by atoms with van der Waals surface area (Å²) in [5.41, 5.74) is 0.913. The summed E-state index contributed by atoms with van der Waals surface area (Å²) in [7, 11) is 0. The van der Waals surface area contributed by atoms with Gasteiger partial charge >= 0.3 is 0 Å². The number of carbonyl (C=O) groups is 1. The Balaban J connectivity index is 1.52. The Morgan fingerprint density at radius 2 is 1.88 bits per heavy atom. The quantitative estimate of drug-likeness (QED) is 0.892. The zero-order valence-corrected chi connectivity index (χ0v) is 14.8. The molecule has 1 N–H and O–H groups in total. The van der Waals surface area contributed by atoms with Gasteiger partial charge in [-0.15, -0.1) is 0 Å². The van der Waals surface area contributed by atoms with Gasteiger partial charge in [-0.2, -0.15) is 0 Å². The van der Waals surface area contributed by atoms with Gasteiger partial charge in [-0.3, -0.25) is 9.69 Å². The van der Waals surface area contributed by atoms with Crippen molar-refractivity contribution in [1.82, 2.24) is 10.2 Å². The fraction of sp³-hybridized carbons (Fsp3) is 0.450. The number of fused-ring (bicyclic) bond motifs is 1. The van der Waals surface area contributed by atoms with Crippen molar-refractivity contribution >= 4 is 5.91 Å². The number of nitrogens with zero attached hydrogens (tertiary/aromatic N) is 1. The van der Waals surface area contributed by atoms with Gasteiger partial charge in [0, 0.05) is 0 Å². The number of benzene rings is 1. The molecule has 1 saturated heterocycles. The molecule has 0 aliphatic carbocycles. The molecule has 0 spiro atoms. The van der Waals surface area contributed by atoms with Crippen LogP contribution in [0.5, 0.6) is 11.5 Å². The number of piperidine rings is 1. The average Bonchev–Trinajstić information content (AvgIpc) is 3.21. The molecule has 1 unspecified atom stereocenters. The molecule has 0 radical (unpaired) electrons. The lowest BCUT2D eigenvalue weighted by atomic mass is 10.0. The number of likely N-dealkylation sites (tertiary alicyclic amines) is 1. The SMILES string of the molecule is O=C(CN1CCCCC1)NC(c1ccc2c(c1)OCCO2)c1ccco1. The van der Waals surface area contributed by atoms with Crippen molar-refractivity contribution in [2.24, 2.45) is 0 Å². The van der Waals surface area contributed by atoms with E-state index in [4.69, 9.17) is 13.9 Å². The van der Waals surface area contributed by atoms with E-state index in [-0.39, 0.29) is 11.9 Å². The Morgan fingerprint density at radius 1 is 1.08 bits per heavy atom. The third-order valence-corrected chi connectivity index (χ3v) is 4.85. The van der Waals surface area contributed by atoms with Crippen LogP contribution in [0.25, 0.3) is 0 Å². The van der Waals surface area contributed by atoms with Crippen molar-refractivity contribution in [2.45, 2.75) is 25.3 Å². The molecule has 138 valence electrons. The van der Waals surface area contributed by atoms with Crippen LogP contribution < -0.4 is 14.8 Å². The van der Waals surface area contributed by atoms with E-state index >= 15 is 0 Å². The minimum atomic E-state index is -0.349. The van der Waals surface area contributed by atoms with E-state index in [9.17, 15) is 4.79 Å². The maximum absolute atomic E-state index is 12.6. The third kappa shape index (κ3) is 3.85. The molecule has 1 fully saturated rings. The van der Waals surface area contributed by atoms with Crippen molar-refractivity contribution in [3.05, 3.63) is 47.9 Å². The first-order valence-corrected chi connectivity index (χ1v) is 9.24. The number of rotatable bonds is 5. The van der Waals surface area contributed by atoms with Crippen LogP contribution in [0, 0.1) is 0 Å². The highest BCUT2D eigenvalue weighted by Gasteiger charge is 2.23. The van der Waals surface area contributed by atoms with E-state index in [1.807, 2.05) is 30.3 Å². The molecule has 6 nitrogen and oxygen atoms in total. The highest BCUT2D eigenvalue weighted by molar-refractivity contribution is 5.79. The number of hydrogen-bond acceptors (Lipinski definition) is 5. The molecule has 2 aromatic rings. The Hall–Kier alpha value is -2.47. The highest BCUT2D eigenvalue weighted by Crippen LogP contribution is 2.34. The Morgan fingerprint density at radius 3 is 2.65 bits per heavy atom. The molecule has 26 heavy (non-hydrogen) atoms. The fourth-order valence-corrected chi connectivity index (χ4v) is 3.54. The predicted octanol–water partition coefficient (Wildman–Crippen LogP) is 2.74. The Kier molecular flexibility index (Phi) is 5.11. The van der Waals surface area contributed by atoms with E-state index in [1.165, 1.54) is 6.42 Å². The number of nitrogens with one attached hydrogen (secondary N) is 1. The van der Waals surface area contributed by atoms with Gasteiger partial charge in [0.2, 0.25) is 5.91 Å². The van der Waals surface area contributed by atoms with E-state index in [0.29, 0.717) is 31.3 Å². The van der Waals surface area contributed by atoms with Crippen LogP contribution in [0.4, 0.5) is 0 Å². The molecule has 1 atom stereocenters. The summed E-state index contributed by atoms with van der Waals surface area (Å²) < 4.78 is 16.9. The van der Waals surface area contributed by atoms with Crippen molar-refractivity contribution in [2.75, 3.05) is 32.8 Å². The summed E-state index contributed by atoms with van der Waals surface area (Å²) in [6.07, 6.45) is 5.20.